The summed E-state index contributed by atoms with van der Waals surface area (Å²) in [7, 11) is 0. The van der Waals surface area contributed by atoms with Gasteiger partial charge in [0.25, 0.3) is 0 Å². The van der Waals surface area contributed by atoms with Gasteiger partial charge in [-0.2, -0.15) is 0 Å². The zero-order valence-electron chi connectivity index (χ0n) is 8.44. The van der Waals surface area contributed by atoms with Crippen LogP contribution in [0.25, 0.3) is 0 Å². The first-order chi connectivity index (χ1) is 5.42. The molecule has 0 spiro atoms. The molecular formula is C10H18O2. The van der Waals surface area contributed by atoms with E-state index in [0.717, 1.165) is 12.8 Å². The van der Waals surface area contributed by atoms with E-state index < -0.39 is 5.60 Å². The summed E-state index contributed by atoms with van der Waals surface area (Å²) in [5, 5.41) is 0. The number of hydrogen-bond donors (Lipinski definition) is 0. The second-order valence-corrected chi connectivity index (χ2v) is 4.51. The Balaban J connectivity index is 2.64. The van der Waals surface area contributed by atoms with E-state index in [9.17, 15) is 4.79 Å². The molecule has 1 rings (SSSR count). The van der Waals surface area contributed by atoms with E-state index in [1.165, 1.54) is 0 Å². The van der Waals surface area contributed by atoms with Crippen molar-refractivity contribution in [1.82, 2.24) is 0 Å². The van der Waals surface area contributed by atoms with Gasteiger partial charge in [0.1, 0.15) is 5.60 Å². The van der Waals surface area contributed by atoms with E-state index in [0.29, 0.717) is 6.61 Å². The topological polar surface area (TPSA) is 26.3 Å². The lowest BCUT2D eigenvalue weighted by Crippen LogP contribution is -2.36. The van der Waals surface area contributed by atoms with Gasteiger partial charge < -0.3 is 4.74 Å². The molecule has 0 bridgehead atoms. The van der Waals surface area contributed by atoms with Gasteiger partial charge in [-0.3, -0.25) is 4.79 Å². The van der Waals surface area contributed by atoms with Gasteiger partial charge in [-0.25, -0.2) is 0 Å². The average molecular weight is 170 g/mol. The molecule has 0 aromatic rings. The van der Waals surface area contributed by atoms with Crippen LogP contribution in [0.15, 0.2) is 0 Å². The summed E-state index contributed by atoms with van der Waals surface area (Å²) in [6, 6.07) is 0. The number of Topliss-reactive ketones (excluding diaryl/α,β-unsaturated/α-hetero) is 1. The third-order valence-electron chi connectivity index (χ3n) is 2.22. The van der Waals surface area contributed by atoms with Crippen molar-refractivity contribution in [3.8, 4) is 0 Å². The first kappa shape index (κ1) is 9.72. The Labute approximate surface area is 74.3 Å². The van der Waals surface area contributed by atoms with Crippen LogP contribution < -0.4 is 0 Å². The fourth-order valence-corrected chi connectivity index (χ4v) is 1.51. The third-order valence-corrected chi connectivity index (χ3v) is 2.22. The summed E-state index contributed by atoms with van der Waals surface area (Å²) in [5.41, 5.74) is -0.654. The maximum atomic E-state index is 11.8. The first-order valence-corrected chi connectivity index (χ1v) is 4.61. The molecule has 12 heavy (non-hydrogen) atoms. The largest absolute Gasteiger partial charge is 0.367 e. The van der Waals surface area contributed by atoms with E-state index in [-0.39, 0.29) is 11.2 Å². The van der Waals surface area contributed by atoms with Crippen molar-refractivity contribution in [3.63, 3.8) is 0 Å². The predicted molar refractivity (Wildman–Crippen MR) is 48.1 cm³/mol. The number of carbonyl (C=O) groups excluding carboxylic acids is 1. The normalized spacial score (nSPS) is 20.7. The lowest BCUT2D eigenvalue weighted by atomic mass is 9.86. The average Bonchev–Trinajstić information content (AvgIpc) is 2.67. The Morgan fingerprint density at radius 3 is 2.17 bits per heavy atom. The second-order valence-electron chi connectivity index (χ2n) is 4.51. The van der Waals surface area contributed by atoms with Gasteiger partial charge in [0.05, 0.1) is 0 Å². The zero-order chi connectivity index (χ0) is 9.41. The van der Waals surface area contributed by atoms with Crippen molar-refractivity contribution < 1.29 is 9.53 Å². The van der Waals surface area contributed by atoms with Crippen LogP contribution in [-0.2, 0) is 9.53 Å². The molecular weight excluding hydrogens is 152 g/mol. The van der Waals surface area contributed by atoms with Gasteiger partial charge in [0.15, 0.2) is 5.78 Å². The quantitative estimate of drug-likeness (QED) is 0.649. The molecule has 0 heterocycles. The van der Waals surface area contributed by atoms with E-state index in [1.807, 2.05) is 27.7 Å². The molecule has 0 aliphatic heterocycles. The maximum absolute atomic E-state index is 11.8. The molecule has 70 valence electrons. The molecule has 0 radical (unpaired) electrons. The highest BCUT2D eigenvalue weighted by molar-refractivity contribution is 5.94. The molecule has 0 unspecified atom stereocenters. The van der Waals surface area contributed by atoms with E-state index in [4.69, 9.17) is 4.74 Å². The summed E-state index contributed by atoms with van der Waals surface area (Å²) < 4.78 is 5.48. The third kappa shape index (κ3) is 1.69. The fourth-order valence-electron chi connectivity index (χ4n) is 1.51. The molecule has 0 aromatic heterocycles. The number of carbonyl (C=O) groups is 1. The highest BCUT2D eigenvalue weighted by atomic mass is 16.5. The van der Waals surface area contributed by atoms with Gasteiger partial charge in [0, 0.05) is 12.0 Å². The predicted octanol–water partition coefficient (Wildman–Crippen LogP) is 2.17. The van der Waals surface area contributed by atoms with Gasteiger partial charge >= 0.3 is 0 Å². The minimum atomic E-state index is -0.396. The van der Waals surface area contributed by atoms with Crippen molar-refractivity contribution in [3.05, 3.63) is 0 Å². The van der Waals surface area contributed by atoms with Crippen molar-refractivity contribution in [2.45, 2.75) is 46.1 Å². The summed E-state index contributed by atoms with van der Waals surface area (Å²) in [4.78, 5) is 11.8. The molecule has 0 aromatic carbocycles. The van der Waals surface area contributed by atoms with Gasteiger partial charge in [-0.05, 0) is 19.8 Å². The molecule has 1 fully saturated rings. The smallest absolute Gasteiger partial charge is 0.169 e. The fraction of sp³-hybridized carbons (Fsp3) is 0.900. The van der Waals surface area contributed by atoms with E-state index in [1.54, 1.807) is 0 Å². The molecule has 2 nitrogen and oxygen atoms in total. The molecule has 1 saturated carbocycles. The lowest BCUT2D eigenvalue weighted by molar-refractivity contribution is -0.141. The minimum absolute atomic E-state index is 0.258. The number of ketones is 1. The highest BCUT2D eigenvalue weighted by Gasteiger charge is 2.53. The summed E-state index contributed by atoms with van der Waals surface area (Å²) in [6.45, 7) is 8.44. The molecule has 0 atom stereocenters. The molecule has 0 N–H and O–H groups in total. The van der Waals surface area contributed by atoms with Crippen molar-refractivity contribution in [1.29, 1.82) is 0 Å². The van der Waals surface area contributed by atoms with Crippen LogP contribution in [0, 0.1) is 5.41 Å². The monoisotopic (exact) mass is 170 g/mol. The maximum Gasteiger partial charge on any atom is 0.169 e. The van der Waals surface area contributed by atoms with E-state index >= 15 is 0 Å². The summed E-state index contributed by atoms with van der Waals surface area (Å²) in [6.07, 6.45) is 1.83. The Hall–Kier alpha value is -0.370. The molecule has 0 saturated heterocycles. The van der Waals surface area contributed by atoms with Crippen molar-refractivity contribution in [2.24, 2.45) is 5.41 Å². The van der Waals surface area contributed by atoms with Crippen molar-refractivity contribution in [2.75, 3.05) is 6.61 Å². The molecule has 2 heteroatoms. The Morgan fingerprint density at radius 1 is 1.42 bits per heavy atom. The van der Waals surface area contributed by atoms with Crippen LogP contribution in [0.2, 0.25) is 0 Å². The zero-order valence-corrected chi connectivity index (χ0v) is 8.44. The van der Waals surface area contributed by atoms with Crippen LogP contribution in [-0.4, -0.2) is 18.0 Å². The van der Waals surface area contributed by atoms with Crippen LogP contribution in [0.4, 0.5) is 0 Å². The van der Waals surface area contributed by atoms with E-state index in [2.05, 4.69) is 0 Å². The summed E-state index contributed by atoms with van der Waals surface area (Å²) in [5.74, 6) is 0.261. The Morgan fingerprint density at radius 2 is 1.92 bits per heavy atom. The Kier molecular flexibility index (Phi) is 2.30. The van der Waals surface area contributed by atoms with Crippen LogP contribution >= 0.6 is 0 Å². The molecule has 1 aliphatic carbocycles. The van der Waals surface area contributed by atoms with Crippen molar-refractivity contribution >= 4 is 5.78 Å². The van der Waals surface area contributed by atoms with Gasteiger partial charge in [0.2, 0.25) is 0 Å². The Bertz CT molecular complexity index is 185. The number of rotatable bonds is 3. The number of hydrogen-bond acceptors (Lipinski definition) is 2. The van der Waals surface area contributed by atoms with Gasteiger partial charge in [-0.15, -0.1) is 0 Å². The first-order valence-electron chi connectivity index (χ1n) is 4.61. The van der Waals surface area contributed by atoms with Gasteiger partial charge in [-0.1, -0.05) is 20.8 Å². The minimum Gasteiger partial charge on any atom is -0.367 e. The van der Waals surface area contributed by atoms with Crippen LogP contribution in [0.1, 0.15) is 40.5 Å². The molecule has 1 aliphatic rings. The van der Waals surface area contributed by atoms with Crippen LogP contribution in [0.5, 0.6) is 0 Å². The second kappa shape index (κ2) is 2.84. The summed E-state index contributed by atoms with van der Waals surface area (Å²) >= 11 is 0. The van der Waals surface area contributed by atoms with Crippen LogP contribution in [0.3, 0.4) is 0 Å². The standard InChI is InChI=1S/C10H18O2/c1-5-12-10(6-7-10)8(11)9(2,3)4/h5-7H2,1-4H3. The SMILES string of the molecule is CCOC1(C(=O)C(C)(C)C)CC1. The lowest BCUT2D eigenvalue weighted by Gasteiger charge is -2.23. The molecule has 0 amide bonds. The number of ether oxygens (including phenoxy) is 1. The highest BCUT2D eigenvalue weighted by Crippen LogP contribution is 2.44.